The molecule has 0 saturated carbocycles. The van der Waals surface area contributed by atoms with Gasteiger partial charge in [0.2, 0.25) is 5.91 Å². The van der Waals surface area contributed by atoms with E-state index in [4.69, 9.17) is 4.74 Å². The van der Waals surface area contributed by atoms with Gasteiger partial charge in [-0.15, -0.1) is 0 Å². The highest BCUT2D eigenvalue weighted by Gasteiger charge is 2.13. The largest absolute Gasteiger partial charge is 0.497 e. The zero-order valence-corrected chi connectivity index (χ0v) is 17.6. The van der Waals surface area contributed by atoms with Crippen LogP contribution in [0.1, 0.15) is 11.3 Å². The summed E-state index contributed by atoms with van der Waals surface area (Å²) in [6, 6.07) is 16.8. The first kappa shape index (κ1) is 21.6. The molecule has 1 heterocycles. The van der Waals surface area contributed by atoms with Crippen LogP contribution in [0.2, 0.25) is 0 Å². The quantitative estimate of drug-likeness (QED) is 0.565. The maximum absolute atomic E-state index is 12.8. The lowest BCUT2D eigenvalue weighted by molar-refractivity contribution is -0.116. The average Bonchev–Trinajstić information content (AvgIpc) is 2.75. The molecule has 0 aliphatic rings. The number of urea groups is 1. The van der Waals surface area contributed by atoms with Crippen LogP contribution < -0.4 is 26.2 Å². The average molecular weight is 420 g/mol. The van der Waals surface area contributed by atoms with Crippen molar-refractivity contribution in [3.8, 4) is 5.75 Å². The molecular weight excluding hydrogens is 396 g/mol. The van der Waals surface area contributed by atoms with E-state index < -0.39 is 11.6 Å². The van der Waals surface area contributed by atoms with Gasteiger partial charge in [0, 0.05) is 17.1 Å². The summed E-state index contributed by atoms with van der Waals surface area (Å²) in [4.78, 5) is 37.5. The molecule has 8 nitrogen and oxygen atoms in total. The van der Waals surface area contributed by atoms with Gasteiger partial charge in [0.05, 0.1) is 7.11 Å². The Hall–Kier alpha value is -4.07. The number of nitrogens with one attached hydrogen (secondary N) is 3. The van der Waals surface area contributed by atoms with Crippen LogP contribution in [-0.2, 0) is 11.3 Å². The lowest BCUT2D eigenvalue weighted by atomic mass is 10.2. The lowest BCUT2D eigenvalue weighted by Gasteiger charge is -2.13. The first-order valence-electron chi connectivity index (χ1n) is 9.65. The monoisotopic (exact) mass is 420 g/mol. The van der Waals surface area contributed by atoms with Crippen LogP contribution in [0.25, 0.3) is 0 Å². The lowest BCUT2D eigenvalue weighted by Crippen LogP contribution is -2.32. The van der Waals surface area contributed by atoms with Crippen LogP contribution in [-0.4, -0.2) is 23.6 Å². The summed E-state index contributed by atoms with van der Waals surface area (Å²) in [6.07, 6.45) is 0. The number of nitrogens with zero attached hydrogens (tertiary/aromatic N) is 1. The number of hydrogen-bond acceptors (Lipinski definition) is 4. The predicted molar refractivity (Wildman–Crippen MR) is 121 cm³/mol. The Morgan fingerprint density at radius 2 is 1.45 bits per heavy atom. The van der Waals surface area contributed by atoms with E-state index in [2.05, 4.69) is 16.0 Å². The number of aromatic nitrogens is 1. The summed E-state index contributed by atoms with van der Waals surface area (Å²) in [6.45, 7) is 3.48. The highest BCUT2D eigenvalue weighted by Crippen LogP contribution is 2.15. The molecule has 3 aromatic rings. The number of pyridine rings is 1. The number of carbonyl (C=O) groups excluding carboxylic acids is 2. The molecule has 0 unspecified atom stereocenters. The van der Waals surface area contributed by atoms with Crippen molar-refractivity contribution in [2.45, 2.75) is 20.4 Å². The maximum atomic E-state index is 12.8. The van der Waals surface area contributed by atoms with E-state index in [1.54, 1.807) is 56.5 Å². The summed E-state index contributed by atoms with van der Waals surface area (Å²) in [7, 11) is 1.56. The van der Waals surface area contributed by atoms with Gasteiger partial charge in [0.1, 0.15) is 18.0 Å². The molecule has 0 spiro atoms. The van der Waals surface area contributed by atoms with Gasteiger partial charge in [0.25, 0.3) is 5.56 Å². The van der Waals surface area contributed by atoms with Gasteiger partial charge in [-0.3, -0.25) is 9.59 Å². The Labute approximate surface area is 179 Å². The van der Waals surface area contributed by atoms with Crippen LogP contribution in [0.4, 0.5) is 21.9 Å². The summed E-state index contributed by atoms with van der Waals surface area (Å²) in [5.41, 5.74) is 2.47. The third-order valence-corrected chi connectivity index (χ3v) is 4.63. The second kappa shape index (κ2) is 9.62. The van der Waals surface area contributed by atoms with Crippen molar-refractivity contribution in [2.24, 2.45) is 0 Å². The Morgan fingerprint density at radius 1 is 0.839 bits per heavy atom. The molecule has 0 atom stereocenters. The number of rotatable bonds is 6. The number of methoxy groups -OCH3 is 1. The molecule has 1 aromatic heterocycles. The van der Waals surface area contributed by atoms with Crippen molar-refractivity contribution >= 4 is 29.0 Å². The zero-order valence-electron chi connectivity index (χ0n) is 17.6. The van der Waals surface area contributed by atoms with Gasteiger partial charge in [-0.1, -0.05) is 17.7 Å². The fraction of sp³-hybridized carbons (Fsp3) is 0.174. The summed E-state index contributed by atoms with van der Waals surface area (Å²) < 4.78 is 6.40. The van der Waals surface area contributed by atoms with E-state index >= 15 is 0 Å². The minimum Gasteiger partial charge on any atom is -0.497 e. The predicted octanol–water partition coefficient (Wildman–Crippen LogP) is 3.76. The van der Waals surface area contributed by atoms with Gasteiger partial charge < -0.3 is 25.3 Å². The molecule has 0 aliphatic carbocycles. The Kier molecular flexibility index (Phi) is 6.71. The summed E-state index contributed by atoms with van der Waals surface area (Å²) in [5.74, 6) is 0.310. The molecule has 8 heteroatoms. The minimum absolute atomic E-state index is 0.0764. The van der Waals surface area contributed by atoms with E-state index in [0.29, 0.717) is 22.8 Å². The molecule has 0 aliphatic heterocycles. The summed E-state index contributed by atoms with van der Waals surface area (Å²) in [5, 5.41) is 7.96. The molecule has 2 aromatic carbocycles. The van der Waals surface area contributed by atoms with Crippen molar-refractivity contribution in [2.75, 3.05) is 23.1 Å². The molecule has 0 saturated heterocycles. The van der Waals surface area contributed by atoms with Crippen LogP contribution in [0, 0.1) is 13.8 Å². The number of aryl methyl sites for hydroxylation is 2. The number of anilines is 3. The molecule has 160 valence electrons. The highest BCUT2D eigenvalue weighted by atomic mass is 16.5. The third kappa shape index (κ3) is 5.72. The van der Waals surface area contributed by atoms with E-state index in [9.17, 15) is 14.4 Å². The maximum Gasteiger partial charge on any atom is 0.323 e. The summed E-state index contributed by atoms with van der Waals surface area (Å²) >= 11 is 0. The number of ether oxygens (including phenoxy) is 1. The molecular formula is C23H24N4O4. The van der Waals surface area contributed by atoms with E-state index in [1.807, 2.05) is 19.1 Å². The second-order valence-electron chi connectivity index (χ2n) is 7.00. The molecule has 3 amide bonds. The van der Waals surface area contributed by atoms with E-state index in [-0.39, 0.29) is 18.1 Å². The van der Waals surface area contributed by atoms with Crippen molar-refractivity contribution in [3.05, 3.63) is 82.3 Å². The molecule has 0 fully saturated rings. The van der Waals surface area contributed by atoms with Crippen LogP contribution >= 0.6 is 0 Å². The fourth-order valence-corrected chi connectivity index (χ4v) is 2.90. The Balaban J connectivity index is 1.69. The smallest absolute Gasteiger partial charge is 0.323 e. The van der Waals surface area contributed by atoms with Gasteiger partial charge in [-0.25, -0.2) is 4.79 Å². The molecule has 0 bridgehead atoms. The van der Waals surface area contributed by atoms with Gasteiger partial charge in [-0.2, -0.15) is 0 Å². The van der Waals surface area contributed by atoms with Gasteiger partial charge in [0.15, 0.2) is 0 Å². The zero-order chi connectivity index (χ0) is 22.4. The van der Waals surface area contributed by atoms with Crippen molar-refractivity contribution in [1.82, 2.24) is 4.57 Å². The Bertz CT molecular complexity index is 1140. The van der Waals surface area contributed by atoms with Gasteiger partial charge in [-0.05, 0) is 62.4 Å². The van der Waals surface area contributed by atoms with E-state index in [1.165, 1.54) is 10.6 Å². The highest BCUT2D eigenvalue weighted by molar-refractivity contribution is 5.99. The SMILES string of the molecule is COc1ccc(NC(=O)Cn2c(C)ccc(NC(=O)Nc3ccc(C)cc3)c2=O)cc1. The second-order valence-corrected chi connectivity index (χ2v) is 7.00. The van der Waals surface area contributed by atoms with Crippen molar-refractivity contribution in [1.29, 1.82) is 0 Å². The Morgan fingerprint density at radius 3 is 2.10 bits per heavy atom. The number of amides is 3. The molecule has 31 heavy (non-hydrogen) atoms. The number of hydrogen-bond donors (Lipinski definition) is 3. The standard InChI is InChI=1S/C23H24N4O4/c1-15-4-7-18(8-5-15)25-23(30)26-20-13-6-16(2)27(22(20)29)14-21(28)24-17-9-11-19(31-3)12-10-17/h4-13H,14H2,1-3H3,(H,24,28)(H2,25,26,30). The molecule has 3 N–H and O–H groups in total. The van der Waals surface area contributed by atoms with Crippen LogP contribution in [0.3, 0.4) is 0 Å². The first-order valence-corrected chi connectivity index (χ1v) is 9.65. The first-order chi connectivity index (χ1) is 14.9. The minimum atomic E-state index is -0.543. The van der Waals surface area contributed by atoms with Crippen LogP contribution in [0.15, 0.2) is 65.5 Å². The molecule has 0 radical (unpaired) electrons. The van der Waals surface area contributed by atoms with Crippen molar-refractivity contribution in [3.63, 3.8) is 0 Å². The van der Waals surface area contributed by atoms with E-state index in [0.717, 1.165) is 5.56 Å². The number of carbonyl (C=O) groups is 2. The topological polar surface area (TPSA) is 101 Å². The van der Waals surface area contributed by atoms with Crippen molar-refractivity contribution < 1.29 is 14.3 Å². The molecule has 3 rings (SSSR count). The number of benzene rings is 2. The van der Waals surface area contributed by atoms with Crippen LogP contribution in [0.5, 0.6) is 5.75 Å². The van der Waals surface area contributed by atoms with Gasteiger partial charge >= 0.3 is 6.03 Å². The third-order valence-electron chi connectivity index (χ3n) is 4.63. The normalized spacial score (nSPS) is 10.3. The fourth-order valence-electron chi connectivity index (χ4n) is 2.90.